The smallest absolute Gasteiger partial charge is 0.0462 e. The molecule has 0 aliphatic heterocycles. The van der Waals surface area contributed by atoms with Crippen LogP contribution >= 0.6 is 0 Å². The van der Waals surface area contributed by atoms with Gasteiger partial charge in [-0.15, -0.1) is 0 Å². The number of hydrogen-bond acceptors (Lipinski definition) is 1. The van der Waals surface area contributed by atoms with Gasteiger partial charge in [0.1, 0.15) is 0 Å². The molecular weight excluding hydrogens is 172 g/mol. The summed E-state index contributed by atoms with van der Waals surface area (Å²) in [6, 6.07) is 8.43. The molecule has 78 valence electrons. The average molecular weight is 192 g/mol. The molecule has 0 aromatic heterocycles. The summed E-state index contributed by atoms with van der Waals surface area (Å²) in [6.45, 7) is 4.61. The number of benzene rings is 1. The van der Waals surface area contributed by atoms with Gasteiger partial charge in [-0.1, -0.05) is 37.6 Å². The van der Waals surface area contributed by atoms with Crippen LogP contribution in [0.2, 0.25) is 0 Å². The minimum Gasteiger partial charge on any atom is -0.396 e. The van der Waals surface area contributed by atoms with E-state index >= 15 is 0 Å². The molecule has 0 fully saturated rings. The van der Waals surface area contributed by atoms with Crippen LogP contribution in [0.1, 0.15) is 30.9 Å². The average Bonchev–Trinajstić information content (AvgIpc) is 2.20. The number of aryl methyl sites for hydroxylation is 1. The van der Waals surface area contributed by atoms with E-state index in [0.717, 1.165) is 19.3 Å². The van der Waals surface area contributed by atoms with Crippen molar-refractivity contribution in [3.05, 3.63) is 35.4 Å². The van der Waals surface area contributed by atoms with E-state index < -0.39 is 0 Å². The van der Waals surface area contributed by atoms with Gasteiger partial charge in [-0.25, -0.2) is 0 Å². The Morgan fingerprint density at radius 2 is 2.00 bits per heavy atom. The van der Waals surface area contributed by atoms with Crippen molar-refractivity contribution in [1.29, 1.82) is 0 Å². The van der Waals surface area contributed by atoms with E-state index in [1.807, 2.05) is 0 Å². The van der Waals surface area contributed by atoms with Gasteiger partial charge >= 0.3 is 0 Å². The van der Waals surface area contributed by atoms with Crippen molar-refractivity contribution in [3.63, 3.8) is 0 Å². The van der Waals surface area contributed by atoms with Crippen molar-refractivity contribution in [2.24, 2.45) is 5.92 Å². The molecule has 0 aliphatic carbocycles. The van der Waals surface area contributed by atoms with E-state index in [0.29, 0.717) is 12.5 Å². The summed E-state index contributed by atoms with van der Waals surface area (Å²) in [5.41, 5.74) is 2.71. The summed E-state index contributed by atoms with van der Waals surface area (Å²) in [5, 5.41) is 9.21. The van der Waals surface area contributed by atoms with E-state index in [9.17, 15) is 5.11 Å². The maximum absolute atomic E-state index is 9.21. The Kier molecular flexibility index (Phi) is 4.68. The van der Waals surface area contributed by atoms with Crippen LogP contribution in [-0.2, 0) is 6.42 Å². The van der Waals surface area contributed by atoms with Crippen LogP contribution < -0.4 is 0 Å². The van der Waals surface area contributed by atoms with Crippen molar-refractivity contribution in [3.8, 4) is 0 Å². The molecule has 1 rings (SSSR count). The predicted molar refractivity (Wildman–Crippen MR) is 60.4 cm³/mol. The Labute approximate surface area is 86.8 Å². The Hall–Kier alpha value is -0.820. The fourth-order valence-electron chi connectivity index (χ4n) is 1.82. The number of hydrogen-bond donors (Lipinski definition) is 1. The quantitative estimate of drug-likeness (QED) is 0.760. The van der Waals surface area contributed by atoms with Gasteiger partial charge in [-0.2, -0.15) is 0 Å². The Morgan fingerprint density at radius 3 is 2.57 bits per heavy atom. The molecule has 0 saturated heterocycles. The van der Waals surface area contributed by atoms with Crippen LogP contribution in [0.4, 0.5) is 0 Å². The largest absolute Gasteiger partial charge is 0.396 e. The molecule has 0 heterocycles. The maximum atomic E-state index is 9.21. The maximum Gasteiger partial charge on any atom is 0.0462 e. The molecule has 14 heavy (non-hydrogen) atoms. The lowest BCUT2D eigenvalue weighted by atomic mass is 9.93. The minimum absolute atomic E-state index is 0.308. The molecule has 1 nitrogen and oxygen atoms in total. The van der Waals surface area contributed by atoms with Crippen molar-refractivity contribution in [1.82, 2.24) is 0 Å². The highest BCUT2D eigenvalue weighted by molar-refractivity contribution is 5.25. The Morgan fingerprint density at radius 1 is 1.29 bits per heavy atom. The highest BCUT2D eigenvalue weighted by Gasteiger charge is 2.08. The minimum atomic E-state index is 0.308. The molecule has 0 aliphatic rings. The standard InChI is InChI=1S/C13H20O/c1-3-6-12(10-14)9-13-8-5-4-7-11(13)2/h4-5,7-8,12,14H,3,6,9-10H2,1-2H3. The molecular formula is C13H20O. The zero-order chi connectivity index (χ0) is 10.4. The number of aliphatic hydroxyl groups is 1. The van der Waals surface area contributed by atoms with Crippen molar-refractivity contribution < 1.29 is 5.11 Å². The topological polar surface area (TPSA) is 20.2 Å². The first-order valence-electron chi connectivity index (χ1n) is 5.43. The van der Waals surface area contributed by atoms with Crippen LogP contribution in [0, 0.1) is 12.8 Å². The Balaban J connectivity index is 2.62. The lowest BCUT2D eigenvalue weighted by molar-refractivity contribution is 0.217. The van der Waals surface area contributed by atoms with Crippen molar-refractivity contribution in [2.75, 3.05) is 6.61 Å². The molecule has 1 aromatic carbocycles. The summed E-state index contributed by atoms with van der Waals surface area (Å²) in [4.78, 5) is 0. The van der Waals surface area contributed by atoms with Crippen molar-refractivity contribution >= 4 is 0 Å². The van der Waals surface area contributed by atoms with Crippen LogP contribution in [0.25, 0.3) is 0 Å². The molecule has 0 bridgehead atoms. The van der Waals surface area contributed by atoms with E-state index in [-0.39, 0.29) is 0 Å². The zero-order valence-corrected chi connectivity index (χ0v) is 9.16. The van der Waals surface area contributed by atoms with Gasteiger partial charge < -0.3 is 5.11 Å². The molecule has 1 aromatic rings. The van der Waals surface area contributed by atoms with Crippen LogP contribution in [0.5, 0.6) is 0 Å². The first-order chi connectivity index (χ1) is 6.77. The monoisotopic (exact) mass is 192 g/mol. The summed E-state index contributed by atoms with van der Waals surface area (Å²) in [7, 11) is 0. The third kappa shape index (κ3) is 3.15. The Bertz CT molecular complexity index is 268. The first-order valence-corrected chi connectivity index (χ1v) is 5.43. The van der Waals surface area contributed by atoms with Crippen LogP contribution in [-0.4, -0.2) is 11.7 Å². The van der Waals surface area contributed by atoms with Gasteiger partial charge in [-0.3, -0.25) is 0 Å². The van der Waals surface area contributed by atoms with Gasteiger partial charge in [0.05, 0.1) is 0 Å². The SMILES string of the molecule is CCCC(CO)Cc1ccccc1C. The summed E-state index contributed by atoms with van der Waals surface area (Å²) in [6.07, 6.45) is 3.28. The third-order valence-corrected chi connectivity index (χ3v) is 2.72. The highest BCUT2D eigenvalue weighted by atomic mass is 16.3. The van der Waals surface area contributed by atoms with Crippen LogP contribution in [0.3, 0.4) is 0 Å². The highest BCUT2D eigenvalue weighted by Crippen LogP contribution is 2.16. The van der Waals surface area contributed by atoms with E-state index in [4.69, 9.17) is 0 Å². The molecule has 1 N–H and O–H groups in total. The van der Waals surface area contributed by atoms with E-state index in [1.165, 1.54) is 11.1 Å². The molecule has 0 saturated carbocycles. The second-order valence-electron chi connectivity index (χ2n) is 3.97. The van der Waals surface area contributed by atoms with Gasteiger partial charge in [0.2, 0.25) is 0 Å². The molecule has 0 amide bonds. The molecule has 0 radical (unpaired) electrons. The second kappa shape index (κ2) is 5.82. The lowest BCUT2D eigenvalue weighted by Gasteiger charge is -2.14. The van der Waals surface area contributed by atoms with Gasteiger partial charge in [0.25, 0.3) is 0 Å². The van der Waals surface area contributed by atoms with Crippen molar-refractivity contribution in [2.45, 2.75) is 33.1 Å². The summed E-state index contributed by atoms with van der Waals surface area (Å²) >= 11 is 0. The molecule has 0 spiro atoms. The number of rotatable bonds is 5. The molecule has 1 heteroatoms. The molecule has 1 unspecified atom stereocenters. The van der Waals surface area contributed by atoms with Gasteiger partial charge in [0, 0.05) is 6.61 Å². The predicted octanol–water partition coefficient (Wildman–Crippen LogP) is 2.95. The fourth-order valence-corrected chi connectivity index (χ4v) is 1.82. The zero-order valence-electron chi connectivity index (χ0n) is 9.16. The summed E-state index contributed by atoms with van der Waals surface area (Å²) < 4.78 is 0. The fraction of sp³-hybridized carbons (Fsp3) is 0.538. The van der Waals surface area contributed by atoms with Crippen LogP contribution in [0.15, 0.2) is 24.3 Å². The van der Waals surface area contributed by atoms with Gasteiger partial charge in [-0.05, 0) is 36.8 Å². The van der Waals surface area contributed by atoms with E-state index in [1.54, 1.807) is 0 Å². The normalized spacial score (nSPS) is 12.8. The molecule has 1 atom stereocenters. The third-order valence-electron chi connectivity index (χ3n) is 2.72. The first kappa shape index (κ1) is 11.3. The van der Waals surface area contributed by atoms with E-state index in [2.05, 4.69) is 38.1 Å². The lowest BCUT2D eigenvalue weighted by Crippen LogP contribution is -2.10. The summed E-state index contributed by atoms with van der Waals surface area (Å²) in [5.74, 6) is 0.432. The number of aliphatic hydroxyl groups excluding tert-OH is 1. The second-order valence-corrected chi connectivity index (χ2v) is 3.97. The van der Waals surface area contributed by atoms with Gasteiger partial charge in [0.15, 0.2) is 0 Å².